The van der Waals surface area contributed by atoms with Crippen molar-refractivity contribution in [1.82, 2.24) is 4.90 Å². The summed E-state index contributed by atoms with van der Waals surface area (Å²) in [4.78, 5) is 15.1. The Bertz CT molecular complexity index is 352. The molecule has 0 aromatic heterocycles. The largest absolute Gasteiger partial charge is 0.490 e. The number of ketones is 1. The third-order valence-electron chi connectivity index (χ3n) is 4.40. The first-order chi connectivity index (χ1) is 8.83. The minimum atomic E-state index is -0.292. The Hall–Kier alpha value is -0.870. The summed E-state index contributed by atoms with van der Waals surface area (Å²) < 4.78 is 10.9. The van der Waals surface area contributed by atoms with Crippen LogP contribution in [0, 0.1) is 0 Å². The number of hydrogen-bond donors (Lipinski definition) is 0. The maximum Gasteiger partial charge on any atom is 0.217 e. The average molecular weight is 251 g/mol. The van der Waals surface area contributed by atoms with Gasteiger partial charge in [-0.3, -0.25) is 9.69 Å². The van der Waals surface area contributed by atoms with Crippen LogP contribution < -0.4 is 0 Å². The minimum Gasteiger partial charge on any atom is -0.490 e. The maximum atomic E-state index is 12.8. The molecule has 0 N–H and O–H groups in total. The van der Waals surface area contributed by atoms with Gasteiger partial charge in [-0.15, -0.1) is 0 Å². The standard InChI is InChI=1S/C14H21NO3/c16-13(12-4-3-9-18-12)14(5-1-2-6-14)15-7-10-17-11-8-15/h4H,1-3,5-11H2. The fourth-order valence-electron chi connectivity index (χ4n) is 3.44. The molecule has 1 saturated heterocycles. The Kier molecular flexibility index (Phi) is 3.39. The Balaban J connectivity index is 1.83. The minimum absolute atomic E-state index is 0.222. The second-order valence-electron chi connectivity index (χ2n) is 5.37. The summed E-state index contributed by atoms with van der Waals surface area (Å²) in [6.07, 6.45) is 7.09. The van der Waals surface area contributed by atoms with Gasteiger partial charge < -0.3 is 9.47 Å². The normalized spacial score (nSPS) is 27.9. The highest BCUT2D eigenvalue weighted by atomic mass is 16.5. The van der Waals surface area contributed by atoms with Crippen LogP contribution in [0.1, 0.15) is 32.1 Å². The van der Waals surface area contributed by atoms with E-state index in [1.54, 1.807) is 0 Å². The first-order valence-electron chi connectivity index (χ1n) is 7.03. The average Bonchev–Trinajstić information content (AvgIpc) is 3.11. The number of nitrogens with zero attached hydrogens (tertiary/aromatic N) is 1. The van der Waals surface area contributed by atoms with Crippen molar-refractivity contribution in [3.63, 3.8) is 0 Å². The number of hydrogen-bond acceptors (Lipinski definition) is 4. The second-order valence-corrected chi connectivity index (χ2v) is 5.37. The molecule has 18 heavy (non-hydrogen) atoms. The number of ether oxygens (including phenoxy) is 2. The number of carbonyl (C=O) groups excluding carboxylic acids is 1. The SMILES string of the molecule is O=C(C1=CCCO1)C1(N2CCOCC2)CCCC1. The van der Waals surface area contributed by atoms with Crippen LogP contribution >= 0.6 is 0 Å². The van der Waals surface area contributed by atoms with Crippen molar-refractivity contribution in [2.75, 3.05) is 32.9 Å². The van der Waals surface area contributed by atoms with Gasteiger partial charge in [0.15, 0.2) is 5.76 Å². The van der Waals surface area contributed by atoms with E-state index in [4.69, 9.17) is 9.47 Å². The quantitative estimate of drug-likeness (QED) is 0.762. The van der Waals surface area contributed by atoms with Crippen LogP contribution in [0.2, 0.25) is 0 Å². The predicted molar refractivity (Wildman–Crippen MR) is 67.3 cm³/mol. The lowest BCUT2D eigenvalue weighted by atomic mass is 9.88. The van der Waals surface area contributed by atoms with Gasteiger partial charge in [0.1, 0.15) is 0 Å². The first kappa shape index (κ1) is 12.2. The summed E-state index contributed by atoms with van der Waals surface area (Å²) in [6, 6.07) is 0. The fourth-order valence-corrected chi connectivity index (χ4v) is 3.44. The Labute approximate surface area is 108 Å². The third kappa shape index (κ3) is 1.97. The molecule has 0 spiro atoms. The van der Waals surface area contributed by atoms with Gasteiger partial charge in [0.25, 0.3) is 0 Å². The number of carbonyl (C=O) groups is 1. The smallest absolute Gasteiger partial charge is 0.217 e. The molecule has 0 bridgehead atoms. The van der Waals surface area contributed by atoms with Crippen molar-refractivity contribution in [3.8, 4) is 0 Å². The topological polar surface area (TPSA) is 38.8 Å². The molecule has 0 aromatic rings. The van der Waals surface area contributed by atoms with Crippen molar-refractivity contribution in [1.29, 1.82) is 0 Å². The molecule has 2 fully saturated rings. The molecule has 0 aromatic carbocycles. The second kappa shape index (κ2) is 5.02. The van der Waals surface area contributed by atoms with Crippen molar-refractivity contribution >= 4 is 5.78 Å². The van der Waals surface area contributed by atoms with Crippen LogP contribution in [-0.4, -0.2) is 49.1 Å². The molecule has 1 aliphatic carbocycles. The zero-order valence-electron chi connectivity index (χ0n) is 10.8. The highest BCUT2D eigenvalue weighted by molar-refractivity contribution is 6.01. The van der Waals surface area contributed by atoms with Gasteiger partial charge in [0, 0.05) is 19.5 Å². The van der Waals surface area contributed by atoms with Crippen LogP contribution in [0.5, 0.6) is 0 Å². The number of rotatable bonds is 3. The summed E-state index contributed by atoms with van der Waals surface area (Å²) in [5.74, 6) is 0.836. The molecule has 3 rings (SSSR count). The molecular weight excluding hydrogens is 230 g/mol. The van der Waals surface area contributed by atoms with Gasteiger partial charge in [-0.25, -0.2) is 0 Å². The highest BCUT2D eigenvalue weighted by Crippen LogP contribution is 2.39. The molecule has 1 saturated carbocycles. The summed E-state index contributed by atoms with van der Waals surface area (Å²) in [7, 11) is 0. The molecule has 2 aliphatic heterocycles. The van der Waals surface area contributed by atoms with Gasteiger partial charge in [-0.2, -0.15) is 0 Å². The lowest BCUT2D eigenvalue weighted by Crippen LogP contribution is -2.57. The fraction of sp³-hybridized carbons (Fsp3) is 0.786. The van der Waals surface area contributed by atoms with Crippen LogP contribution in [0.3, 0.4) is 0 Å². The van der Waals surface area contributed by atoms with E-state index in [0.717, 1.165) is 58.4 Å². The zero-order chi connectivity index (χ0) is 12.4. The first-order valence-corrected chi connectivity index (χ1v) is 7.03. The van der Waals surface area contributed by atoms with E-state index in [-0.39, 0.29) is 11.3 Å². The van der Waals surface area contributed by atoms with E-state index in [0.29, 0.717) is 12.4 Å². The van der Waals surface area contributed by atoms with Crippen LogP contribution in [-0.2, 0) is 14.3 Å². The maximum absolute atomic E-state index is 12.8. The van der Waals surface area contributed by atoms with Gasteiger partial charge >= 0.3 is 0 Å². The van der Waals surface area contributed by atoms with Gasteiger partial charge in [-0.05, 0) is 18.9 Å². The Morgan fingerprint density at radius 1 is 1.17 bits per heavy atom. The summed E-state index contributed by atoms with van der Waals surface area (Å²) >= 11 is 0. The Morgan fingerprint density at radius 2 is 1.89 bits per heavy atom. The van der Waals surface area contributed by atoms with E-state index in [1.165, 1.54) is 0 Å². The molecular formula is C14H21NO3. The van der Waals surface area contributed by atoms with Crippen LogP contribution in [0.15, 0.2) is 11.8 Å². The summed E-state index contributed by atoms with van der Waals surface area (Å²) in [5, 5.41) is 0. The molecule has 3 aliphatic rings. The molecule has 0 unspecified atom stereocenters. The van der Waals surface area contributed by atoms with E-state index in [1.807, 2.05) is 6.08 Å². The summed E-state index contributed by atoms with van der Waals surface area (Å²) in [5.41, 5.74) is -0.292. The van der Waals surface area contributed by atoms with Crippen molar-refractivity contribution < 1.29 is 14.3 Å². The lowest BCUT2D eigenvalue weighted by molar-refractivity contribution is -0.133. The van der Waals surface area contributed by atoms with Crippen molar-refractivity contribution in [3.05, 3.63) is 11.8 Å². The molecule has 100 valence electrons. The van der Waals surface area contributed by atoms with Gasteiger partial charge in [0.2, 0.25) is 5.78 Å². The molecule has 0 amide bonds. The van der Waals surface area contributed by atoms with E-state index in [2.05, 4.69) is 4.90 Å². The lowest BCUT2D eigenvalue weighted by Gasteiger charge is -2.42. The Morgan fingerprint density at radius 3 is 2.50 bits per heavy atom. The van der Waals surface area contributed by atoms with Crippen LogP contribution in [0.25, 0.3) is 0 Å². The number of Topliss-reactive ketones (excluding diaryl/α,β-unsaturated/α-hetero) is 1. The van der Waals surface area contributed by atoms with E-state index >= 15 is 0 Å². The number of morpholine rings is 1. The molecule has 0 atom stereocenters. The molecule has 2 heterocycles. The highest BCUT2D eigenvalue weighted by Gasteiger charge is 2.48. The third-order valence-corrected chi connectivity index (χ3v) is 4.40. The summed E-state index contributed by atoms with van der Waals surface area (Å²) in [6.45, 7) is 3.90. The van der Waals surface area contributed by atoms with Crippen LogP contribution in [0.4, 0.5) is 0 Å². The molecule has 0 radical (unpaired) electrons. The van der Waals surface area contributed by atoms with Crippen molar-refractivity contribution in [2.45, 2.75) is 37.6 Å². The van der Waals surface area contributed by atoms with Gasteiger partial charge in [-0.1, -0.05) is 12.8 Å². The van der Waals surface area contributed by atoms with Crippen molar-refractivity contribution in [2.24, 2.45) is 0 Å². The zero-order valence-corrected chi connectivity index (χ0v) is 10.8. The van der Waals surface area contributed by atoms with E-state index in [9.17, 15) is 4.79 Å². The predicted octanol–water partition coefficient (Wildman–Crippen LogP) is 1.50. The molecule has 4 nitrogen and oxygen atoms in total. The monoisotopic (exact) mass is 251 g/mol. The van der Waals surface area contributed by atoms with Gasteiger partial charge in [0.05, 0.1) is 25.4 Å². The molecule has 4 heteroatoms. The van der Waals surface area contributed by atoms with E-state index < -0.39 is 0 Å².